The highest BCUT2D eigenvalue weighted by Crippen LogP contribution is 2.29. The van der Waals surface area contributed by atoms with E-state index in [4.69, 9.17) is 0 Å². The minimum Gasteiger partial charge on any atom is -0.293 e. The van der Waals surface area contributed by atoms with Gasteiger partial charge in [0, 0.05) is 26.1 Å². The van der Waals surface area contributed by atoms with E-state index in [1.165, 1.54) is 32.6 Å². The summed E-state index contributed by atoms with van der Waals surface area (Å²) in [7, 11) is -2.00. The third-order valence-corrected chi connectivity index (χ3v) is 6.83. The molecule has 6 nitrogen and oxygen atoms in total. The van der Waals surface area contributed by atoms with Crippen molar-refractivity contribution in [1.82, 2.24) is 14.1 Å². The molecule has 0 spiro atoms. The minimum atomic E-state index is -3.60. The fourth-order valence-corrected chi connectivity index (χ4v) is 5.29. The molecule has 0 bridgehead atoms. The van der Waals surface area contributed by atoms with Crippen molar-refractivity contribution in [2.75, 3.05) is 6.54 Å². The molecule has 1 aliphatic heterocycles. The molecule has 1 atom stereocenters. The summed E-state index contributed by atoms with van der Waals surface area (Å²) in [6.45, 7) is 0.454. The van der Waals surface area contributed by atoms with Gasteiger partial charge in [0.2, 0.25) is 0 Å². The second kappa shape index (κ2) is 5.94. The van der Waals surface area contributed by atoms with Crippen molar-refractivity contribution in [3.63, 3.8) is 0 Å². The molecule has 0 amide bonds. The van der Waals surface area contributed by atoms with Crippen LogP contribution in [0.2, 0.25) is 0 Å². The van der Waals surface area contributed by atoms with E-state index >= 15 is 0 Å². The number of aryl methyl sites for hydroxylation is 1. The van der Waals surface area contributed by atoms with Gasteiger partial charge in [0.1, 0.15) is 0 Å². The van der Waals surface area contributed by atoms with E-state index in [1.54, 1.807) is 13.1 Å². The van der Waals surface area contributed by atoms with Crippen molar-refractivity contribution in [3.05, 3.63) is 34.7 Å². The Morgan fingerprint density at radius 2 is 2.27 bits per heavy atom. The van der Waals surface area contributed by atoms with E-state index in [0.29, 0.717) is 17.8 Å². The Morgan fingerprint density at radius 1 is 1.45 bits per heavy atom. The minimum absolute atomic E-state index is 0.00658. The van der Waals surface area contributed by atoms with Crippen LogP contribution in [0.5, 0.6) is 0 Å². The molecule has 0 saturated carbocycles. The molecule has 3 heterocycles. The number of Topliss-reactive ketones (excluding diaryl/α,β-unsaturated/α-hetero) is 1. The van der Waals surface area contributed by atoms with Gasteiger partial charge in [-0.3, -0.25) is 9.48 Å². The van der Waals surface area contributed by atoms with E-state index < -0.39 is 10.0 Å². The van der Waals surface area contributed by atoms with E-state index in [9.17, 15) is 13.2 Å². The van der Waals surface area contributed by atoms with E-state index in [0.717, 1.165) is 6.42 Å². The summed E-state index contributed by atoms with van der Waals surface area (Å²) in [6.07, 6.45) is 3.19. The third-order valence-electron chi connectivity index (χ3n) is 3.89. The van der Waals surface area contributed by atoms with Crippen molar-refractivity contribution < 1.29 is 13.2 Å². The summed E-state index contributed by atoms with van der Waals surface area (Å²) in [5, 5.41) is 5.95. The number of thiophene rings is 1. The Balaban J connectivity index is 1.82. The number of nitrogens with zero attached hydrogens (tertiary/aromatic N) is 3. The van der Waals surface area contributed by atoms with Gasteiger partial charge >= 0.3 is 0 Å². The molecule has 1 unspecified atom stereocenters. The quantitative estimate of drug-likeness (QED) is 0.780. The number of hydrogen-bond donors (Lipinski definition) is 0. The Labute approximate surface area is 133 Å². The van der Waals surface area contributed by atoms with Gasteiger partial charge in [0.15, 0.2) is 10.8 Å². The second-order valence-electron chi connectivity index (χ2n) is 5.31. The third kappa shape index (κ3) is 2.73. The predicted molar refractivity (Wildman–Crippen MR) is 83.4 cm³/mol. The summed E-state index contributed by atoms with van der Waals surface area (Å²) in [5.41, 5.74) is 0. The highest BCUT2D eigenvalue weighted by Gasteiger charge is 2.37. The standard InChI is InChI=1S/C14H17N3O3S2/c1-16-14(6-7-15-16)22(19,20)17-8-2-4-11(17)10-12(18)13-5-3-9-21-13/h3,5-7,9,11H,2,4,8,10H2,1H3. The molecular formula is C14H17N3O3S2. The molecule has 22 heavy (non-hydrogen) atoms. The zero-order valence-corrected chi connectivity index (χ0v) is 13.8. The van der Waals surface area contributed by atoms with Gasteiger partial charge in [-0.2, -0.15) is 9.40 Å². The first kappa shape index (κ1) is 15.4. The summed E-state index contributed by atoms with van der Waals surface area (Å²) in [6, 6.07) is 4.83. The summed E-state index contributed by atoms with van der Waals surface area (Å²) < 4.78 is 28.3. The summed E-state index contributed by atoms with van der Waals surface area (Å²) in [5.74, 6) is 0.00658. The average molecular weight is 339 g/mol. The molecule has 1 saturated heterocycles. The number of sulfonamides is 1. The topological polar surface area (TPSA) is 72.3 Å². The number of ketones is 1. The maximum absolute atomic E-state index is 12.8. The second-order valence-corrected chi connectivity index (χ2v) is 8.09. The van der Waals surface area contributed by atoms with Crippen molar-refractivity contribution in [2.24, 2.45) is 7.05 Å². The largest absolute Gasteiger partial charge is 0.293 e. The Bertz CT molecular complexity index is 765. The number of hydrogen-bond acceptors (Lipinski definition) is 5. The van der Waals surface area contributed by atoms with E-state index in [1.807, 2.05) is 11.4 Å². The number of carbonyl (C=O) groups is 1. The lowest BCUT2D eigenvalue weighted by Crippen LogP contribution is -2.37. The SMILES string of the molecule is Cn1nccc1S(=O)(=O)N1CCCC1CC(=O)c1cccs1. The first-order chi connectivity index (χ1) is 10.5. The molecule has 0 aliphatic carbocycles. The van der Waals surface area contributed by atoms with Crippen molar-refractivity contribution in [3.8, 4) is 0 Å². The van der Waals surface area contributed by atoms with Gasteiger partial charge in [0.05, 0.1) is 11.1 Å². The van der Waals surface area contributed by atoms with E-state index in [-0.39, 0.29) is 23.3 Å². The molecule has 2 aromatic rings. The molecule has 1 fully saturated rings. The fourth-order valence-electron chi connectivity index (χ4n) is 2.82. The van der Waals surface area contributed by atoms with Crippen LogP contribution in [0.1, 0.15) is 28.9 Å². The van der Waals surface area contributed by atoms with Crippen LogP contribution in [-0.2, 0) is 17.1 Å². The highest BCUT2D eigenvalue weighted by molar-refractivity contribution is 7.89. The molecule has 8 heteroatoms. The monoisotopic (exact) mass is 339 g/mol. The average Bonchev–Trinajstić information content (AvgIpc) is 3.19. The van der Waals surface area contributed by atoms with E-state index in [2.05, 4.69) is 5.10 Å². The molecule has 0 N–H and O–H groups in total. The fraction of sp³-hybridized carbons (Fsp3) is 0.429. The van der Waals surface area contributed by atoms with Crippen molar-refractivity contribution in [1.29, 1.82) is 0 Å². The Morgan fingerprint density at radius 3 is 2.91 bits per heavy atom. The molecule has 3 rings (SSSR count). The van der Waals surface area contributed by atoms with Crippen LogP contribution < -0.4 is 0 Å². The first-order valence-electron chi connectivity index (χ1n) is 7.06. The smallest absolute Gasteiger partial charge is 0.260 e. The highest BCUT2D eigenvalue weighted by atomic mass is 32.2. The molecule has 0 radical (unpaired) electrons. The van der Waals surface area contributed by atoms with Gasteiger partial charge in [-0.25, -0.2) is 8.42 Å². The van der Waals surface area contributed by atoms with Crippen LogP contribution in [0.25, 0.3) is 0 Å². The first-order valence-corrected chi connectivity index (χ1v) is 9.38. The van der Waals surface area contributed by atoms with Gasteiger partial charge in [-0.15, -0.1) is 11.3 Å². The van der Waals surface area contributed by atoms with Gasteiger partial charge in [-0.05, 0) is 30.4 Å². The van der Waals surface area contributed by atoms with Crippen LogP contribution in [0, 0.1) is 0 Å². The van der Waals surface area contributed by atoms with Crippen molar-refractivity contribution in [2.45, 2.75) is 30.3 Å². The lowest BCUT2D eigenvalue weighted by molar-refractivity contribution is 0.0965. The number of carbonyl (C=O) groups excluding carboxylic acids is 1. The number of rotatable bonds is 5. The molecule has 1 aliphatic rings. The van der Waals surface area contributed by atoms with Gasteiger partial charge in [0.25, 0.3) is 10.0 Å². The lowest BCUT2D eigenvalue weighted by Gasteiger charge is -2.23. The normalized spacial score (nSPS) is 19.6. The van der Waals surface area contributed by atoms with Gasteiger partial charge in [-0.1, -0.05) is 6.07 Å². The molecular weight excluding hydrogens is 322 g/mol. The molecule has 2 aromatic heterocycles. The number of aromatic nitrogens is 2. The predicted octanol–water partition coefficient (Wildman–Crippen LogP) is 1.91. The van der Waals surface area contributed by atoms with Crippen LogP contribution in [0.15, 0.2) is 34.8 Å². The van der Waals surface area contributed by atoms with Crippen LogP contribution >= 0.6 is 11.3 Å². The zero-order chi connectivity index (χ0) is 15.7. The zero-order valence-electron chi connectivity index (χ0n) is 12.2. The molecule has 0 aromatic carbocycles. The maximum Gasteiger partial charge on any atom is 0.260 e. The van der Waals surface area contributed by atoms with Crippen molar-refractivity contribution >= 4 is 27.1 Å². The van der Waals surface area contributed by atoms with Crippen LogP contribution in [-0.4, -0.2) is 40.9 Å². The summed E-state index contributed by atoms with van der Waals surface area (Å²) in [4.78, 5) is 12.9. The molecule has 118 valence electrons. The Hall–Kier alpha value is -1.51. The van der Waals surface area contributed by atoms with Crippen LogP contribution in [0.4, 0.5) is 0 Å². The van der Waals surface area contributed by atoms with Crippen LogP contribution in [0.3, 0.4) is 0 Å². The maximum atomic E-state index is 12.8. The Kier molecular flexibility index (Phi) is 4.16. The lowest BCUT2D eigenvalue weighted by atomic mass is 10.1. The van der Waals surface area contributed by atoms with Gasteiger partial charge < -0.3 is 0 Å². The summed E-state index contributed by atoms with van der Waals surface area (Å²) >= 11 is 1.39.